The highest BCUT2D eigenvalue weighted by atomic mass is 19.1. The molecule has 0 aromatic heterocycles. The van der Waals surface area contributed by atoms with Gasteiger partial charge < -0.3 is 20.5 Å². The van der Waals surface area contributed by atoms with Crippen LogP contribution in [0.15, 0.2) is 42.5 Å². The van der Waals surface area contributed by atoms with Gasteiger partial charge in [-0.2, -0.15) is 0 Å². The van der Waals surface area contributed by atoms with Gasteiger partial charge in [0.2, 0.25) is 0 Å². The predicted octanol–water partition coefficient (Wildman–Crippen LogP) is 1.62. The second-order valence-corrected chi connectivity index (χ2v) is 5.03. The number of hydrogen-bond donors (Lipinski definition) is 2. The minimum atomic E-state index is -0.948. The number of amides is 2. The summed E-state index contributed by atoms with van der Waals surface area (Å²) in [6.45, 7) is -0.959. The molecule has 2 amide bonds. The van der Waals surface area contributed by atoms with Crippen molar-refractivity contribution in [3.8, 4) is 5.75 Å². The van der Waals surface area contributed by atoms with Crippen molar-refractivity contribution >= 4 is 23.5 Å². The van der Waals surface area contributed by atoms with Crippen LogP contribution in [0.4, 0.5) is 14.5 Å². The largest absolute Gasteiger partial charge is 0.484 e. The van der Waals surface area contributed by atoms with E-state index >= 15 is 0 Å². The van der Waals surface area contributed by atoms with E-state index in [9.17, 15) is 23.2 Å². The summed E-state index contributed by atoms with van der Waals surface area (Å²) in [5, 5.41) is 2.16. The van der Waals surface area contributed by atoms with Crippen molar-refractivity contribution in [1.29, 1.82) is 0 Å². The van der Waals surface area contributed by atoms with Crippen LogP contribution in [0.3, 0.4) is 0 Å². The van der Waals surface area contributed by atoms with E-state index < -0.39 is 36.0 Å². The van der Waals surface area contributed by atoms with Gasteiger partial charge in [0.15, 0.2) is 13.2 Å². The van der Waals surface area contributed by atoms with Gasteiger partial charge in [-0.15, -0.1) is 0 Å². The molecule has 9 heteroatoms. The number of halogens is 2. The van der Waals surface area contributed by atoms with Gasteiger partial charge in [-0.25, -0.2) is 13.6 Å². The van der Waals surface area contributed by atoms with Crippen LogP contribution in [0, 0.1) is 11.6 Å². The van der Waals surface area contributed by atoms with E-state index in [1.165, 1.54) is 24.3 Å². The van der Waals surface area contributed by atoms with Gasteiger partial charge in [0.25, 0.3) is 11.8 Å². The number of carbonyl (C=O) groups is 3. The standard InChI is InChI=1S/C17H14F2N2O5/c18-11-3-6-14(13(19)7-11)21-16(23)9-26-17(24)10-1-4-12(5-2-10)25-8-15(20)22/h1-7H,8-9H2,(H2,20,22)(H,21,23). The molecule has 0 radical (unpaired) electrons. The summed E-state index contributed by atoms with van der Waals surface area (Å²) >= 11 is 0. The van der Waals surface area contributed by atoms with E-state index in [1.54, 1.807) is 0 Å². The minimum absolute atomic E-state index is 0.136. The lowest BCUT2D eigenvalue weighted by Gasteiger charge is -2.08. The summed E-state index contributed by atoms with van der Waals surface area (Å²) in [7, 11) is 0. The van der Waals surface area contributed by atoms with Crippen molar-refractivity contribution in [2.75, 3.05) is 18.5 Å². The Labute approximate surface area is 146 Å². The lowest BCUT2D eigenvalue weighted by atomic mass is 10.2. The van der Waals surface area contributed by atoms with Crippen LogP contribution >= 0.6 is 0 Å². The minimum Gasteiger partial charge on any atom is -0.484 e. The van der Waals surface area contributed by atoms with Crippen LogP contribution in [-0.2, 0) is 14.3 Å². The lowest BCUT2D eigenvalue weighted by molar-refractivity contribution is -0.120. The molecule has 0 spiro atoms. The Bertz CT molecular complexity index is 824. The molecular weight excluding hydrogens is 350 g/mol. The van der Waals surface area contributed by atoms with Crippen molar-refractivity contribution in [2.24, 2.45) is 5.73 Å². The van der Waals surface area contributed by atoms with Crippen LogP contribution in [0.2, 0.25) is 0 Å². The van der Waals surface area contributed by atoms with Gasteiger partial charge in [0.1, 0.15) is 17.4 Å². The molecule has 0 atom stereocenters. The molecule has 3 N–H and O–H groups in total. The molecule has 0 heterocycles. The van der Waals surface area contributed by atoms with E-state index in [0.717, 1.165) is 12.1 Å². The number of primary amides is 1. The van der Waals surface area contributed by atoms with Crippen molar-refractivity contribution in [2.45, 2.75) is 0 Å². The Morgan fingerprint density at radius 3 is 2.31 bits per heavy atom. The summed E-state index contributed by atoms with van der Waals surface area (Å²) in [6.07, 6.45) is 0. The van der Waals surface area contributed by atoms with Crippen LogP contribution in [-0.4, -0.2) is 31.0 Å². The molecule has 2 rings (SSSR count). The molecule has 7 nitrogen and oxygen atoms in total. The summed E-state index contributed by atoms with van der Waals surface area (Å²) in [5.74, 6) is -3.63. The third-order valence-corrected chi connectivity index (χ3v) is 3.01. The third kappa shape index (κ3) is 5.55. The Balaban J connectivity index is 1.85. The summed E-state index contributed by atoms with van der Waals surface area (Å²) in [5.41, 5.74) is 4.84. The zero-order valence-electron chi connectivity index (χ0n) is 13.3. The maximum Gasteiger partial charge on any atom is 0.338 e. The fraction of sp³-hybridized carbons (Fsp3) is 0.118. The number of anilines is 1. The van der Waals surface area contributed by atoms with E-state index in [1.807, 2.05) is 0 Å². The Kier molecular flexibility index (Phi) is 6.20. The average molecular weight is 364 g/mol. The van der Waals surface area contributed by atoms with Crippen LogP contribution in [0.5, 0.6) is 5.75 Å². The Morgan fingerprint density at radius 1 is 1.00 bits per heavy atom. The first-order valence-corrected chi connectivity index (χ1v) is 7.28. The number of carbonyl (C=O) groups excluding carboxylic acids is 3. The summed E-state index contributed by atoms with van der Waals surface area (Å²) < 4.78 is 36.0. The van der Waals surface area contributed by atoms with E-state index in [0.29, 0.717) is 11.8 Å². The molecule has 0 bridgehead atoms. The highest BCUT2D eigenvalue weighted by Gasteiger charge is 2.12. The molecule has 2 aromatic rings. The third-order valence-electron chi connectivity index (χ3n) is 3.01. The number of nitrogens with one attached hydrogen (secondary N) is 1. The van der Waals surface area contributed by atoms with Gasteiger partial charge in [0, 0.05) is 6.07 Å². The second kappa shape index (κ2) is 8.56. The van der Waals surface area contributed by atoms with Gasteiger partial charge in [0.05, 0.1) is 11.3 Å². The van der Waals surface area contributed by atoms with Crippen molar-refractivity contribution in [3.05, 3.63) is 59.7 Å². The molecule has 0 saturated carbocycles. The maximum atomic E-state index is 13.4. The molecule has 0 saturated heterocycles. The van der Waals surface area contributed by atoms with Gasteiger partial charge in [-0.3, -0.25) is 9.59 Å². The number of rotatable bonds is 7. The lowest BCUT2D eigenvalue weighted by Crippen LogP contribution is -2.21. The average Bonchev–Trinajstić information content (AvgIpc) is 2.60. The second-order valence-electron chi connectivity index (χ2n) is 5.03. The zero-order valence-corrected chi connectivity index (χ0v) is 13.3. The summed E-state index contributed by atoms with van der Waals surface area (Å²) in [4.78, 5) is 34.1. The van der Waals surface area contributed by atoms with E-state index in [4.69, 9.17) is 15.2 Å². The van der Waals surface area contributed by atoms with Crippen LogP contribution in [0.25, 0.3) is 0 Å². The molecule has 2 aromatic carbocycles. The molecule has 26 heavy (non-hydrogen) atoms. The van der Waals surface area contributed by atoms with Gasteiger partial charge >= 0.3 is 5.97 Å². The molecule has 0 aliphatic rings. The molecule has 136 valence electrons. The van der Waals surface area contributed by atoms with Crippen molar-refractivity contribution in [1.82, 2.24) is 0 Å². The first-order valence-electron chi connectivity index (χ1n) is 7.28. The monoisotopic (exact) mass is 364 g/mol. The molecule has 0 fully saturated rings. The smallest absolute Gasteiger partial charge is 0.338 e. The number of nitrogens with two attached hydrogens (primary N) is 1. The van der Waals surface area contributed by atoms with Crippen LogP contribution in [0.1, 0.15) is 10.4 Å². The van der Waals surface area contributed by atoms with E-state index in [2.05, 4.69) is 5.32 Å². The fourth-order valence-electron chi connectivity index (χ4n) is 1.83. The first-order chi connectivity index (χ1) is 12.3. The molecule has 0 unspecified atom stereocenters. The maximum absolute atomic E-state index is 13.4. The van der Waals surface area contributed by atoms with Crippen molar-refractivity contribution < 1.29 is 32.6 Å². The SMILES string of the molecule is NC(=O)COc1ccc(C(=O)OCC(=O)Nc2ccc(F)cc2F)cc1. The van der Waals surface area contributed by atoms with E-state index in [-0.39, 0.29) is 17.9 Å². The van der Waals surface area contributed by atoms with Gasteiger partial charge in [-0.05, 0) is 36.4 Å². The quantitative estimate of drug-likeness (QED) is 0.726. The zero-order chi connectivity index (χ0) is 19.1. The Hall–Kier alpha value is -3.49. The molecule has 0 aliphatic heterocycles. The number of hydrogen-bond acceptors (Lipinski definition) is 5. The van der Waals surface area contributed by atoms with Gasteiger partial charge in [-0.1, -0.05) is 0 Å². The number of ether oxygens (including phenoxy) is 2. The highest BCUT2D eigenvalue weighted by Crippen LogP contribution is 2.15. The number of benzene rings is 2. The predicted molar refractivity (Wildman–Crippen MR) is 86.4 cm³/mol. The first kappa shape index (κ1) is 18.8. The van der Waals surface area contributed by atoms with Crippen LogP contribution < -0.4 is 15.8 Å². The topological polar surface area (TPSA) is 108 Å². The highest BCUT2D eigenvalue weighted by molar-refractivity contribution is 5.95. The number of esters is 1. The van der Waals surface area contributed by atoms with Crippen molar-refractivity contribution in [3.63, 3.8) is 0 Å². The molecular formula is C17H14F2N2O5. The normalized spacial score (nSPS) is 10.1. The Morgan fingerprint density at radius 2 is 1.69 bits per heavy atom. The summed E-state index contributed by atoms with van der Waals surface area (Å²) in [6, 6.07) is 8.23. The fourth-order valence-corrected chi connectivity index (χ4v) is 1.83. The molecule has 0 aliphatic carbocycles.